The van der Waals surface area contributed by atoms with Crippen LogP contribution in [-0.2, 0) is 9.47 Å². The molecule has 0 aromatic carbocycles. The van der Waals surface area contributed by atoms with E-state index in [0.29, 0.717) is 12.2 Å². The van der Waals surface area contributed by atoms with Crippen molar-refractivity contribution in [2.75, 3.05) is 31.2 Å². The molecule has 7 heteroatoms. The van der Waals surface area contributed by atoms with E-state index in [9.17, 15) is 0 Å². The molecule has 128 valence electrons. The van der Waals surface area contributed by atoms with Crippen molar-refractivity contribution in [1.82, 2.24) is 15.2 Å². The van der Waals surface area contributed by atoms with Crippen LogP contribution in [0.2, 0.25) is 0 Å². The Balaban J connectivity index is 1.32. The summed E-state index contributed by atoms with van der Waals surface area (Å²) >= 11 is 1.61. The van der Waals surface area contributed by atoms with Crippen molar-refractivity contribution in [2.24, 2.45) is 0 Å². The second-order valence-corrected chi connectivity index (χ2v) is 7.19. The summed E-state index contributed by atoms with van der Waals surface area (Å²) in [5.74, 6) is 0. The number of anilines is 1. The molecule has 6 nitrogen and oxygen atoms in total. The van der Waals surface area contributed by atoms with Gasteiger partial charge in [0.1, 0.15) is 5.69 Å². The zero-order chi connectivity index (χ0) is 16.2. The molecule has 0 aliphatic carbocycles. The van der Waals surface area contributed by atoms with Gasteiger partial charge in [0.25, 0.3) is 0 Å². The van der Waals surface area contributed by atoms with Gasteiger partial charge in [0.15, 0.2) is 5.01 Å². The quantitative estimate of drug-likeness (QED) is 0.848. The van der Waals surface area contributed by atoms with Crippen molar-refractivity contribution >= 4 is 16.5 Å². The average Bonchev–Trinajstić information content (AvgIpc) is 3.14. The first-order valence-electron chi connectivity index (χ1n) is 8.61. The van der Waals surface area contributed by atoms with E-state index in [1.165, 1.54) is 0 Å². The maximum absolute atomic E-state index is 6.24. The van der Waals surface area contributed by atoms with Crippen molar-refractivity contribution in [1.29, 1.82) is 0 Å². The van der Waals surface area contributed by atoms with Crippen molar-refractivity contribution in [2.45, 2.75) is 37.9 Å². The predicted octanol–water partition coefficient (Wildman–Crippen LogP) is 2.76. The average molecular weight is 346 g/mol. The van der Waals surface area contributed by atoms with Crippen LogP contribution in [0.5, 0.6) is 0 Å². The number of aromatic nitrogens is 3. The van der Waals surface area contributed by atoms with Crippen LogP contribution in [0.4, 0.5) is 5.13 Å². The normalized spacial score (nSPS) is 20.4. The van der Waals surface area contributed by atoms with Gasteiger partial charge in [0.2, 0.25) is 5.13 Å². The molecule has 2 saturated heterocycles. The van der Waals surface area contributed by atoms with Gasteiger partial charge in [-0.15, -0.1) is 10.2 Å². The number of nitrogens with zero attached hydrogens (tertiary/aromatic N) is 4. The van der Waals surface area contributed by atoms with E-state index in [-0.39, 0.29) is 0 Å². The second-order valence-electron chi connectivity index (χ2n) is 6.24. The zero-order valence-corrected chi connectivity index (χ0v) is 14.5. The first kappa shape index (κ1) is 15.9. The Hall–Kier alpha value is -1.57. The summed E-state index contributed by atoms with van der Waals surface area (Å²) in [7, 11) is 0. The number of pyridine rings is 1. The molecule has 24 heavy (non-hydrogen) atoms. The minimum Gasteiger partial charge on any atom is -0.381 e. The highest BCUT2D eigenvalue weighted by Crippen LogP contribution is 2.30. The summed E-state index contributed by atoms with van der Waals surface area (Å²) in [6.45, 7) is 3.63. The van der Waals surface area contributed by atoms with Crippen molar-refractivity contribution in [3.05, 3.63) is 24.4 Å². The standard InChI is InChI=1S/C17H22N4O2S/c1-2-8-18-15(3-1)16-19-20-17(24-16)21-9-4-13(5-10-21)23-14-6-11-22-12-7-14/h1-3,8,13-14H,4-7,9-12H2. The molecule has 0 amide bonds. The fourth-order valence-electron chi connectivity index (χ4n) is 3.20. The second kappa shape index (κ2) is 7.55. The number of hydrogen-bond donors (Lipinski definition) is 0. The molecule has 2 aliphatic rings. The first-order valence-corrected chi connectivity index (χ1v) is 9.43. The molecule has 0 unspecified atom stereocenters. The van der Waals surface area contributed by atoms with Crippen LogP contribution in [0, 0.1) is 0 Å². The lowest BCUT2D eigenvalue weighted by Crippen LogP contribution is -2.39. The zero-order valence-electron chi connectivity index (χ0n) is 13.6. The van der Waals surface area contributed by atoms with Gasteiger partial charge >= 0.3 is 0 Å². The van der Waals surface area contributed by atoms with Crippen LogP contribution in [0.15, 0.2) is 24.4 Å². The van der Waals surface area contributed by atoms with Crippen LogP contribution >= 0.6 is 11.3 Å². The molecule has 0 N–H and O–H groups in total. The maximum atomic E-state index is 6.24. The maximum Gasteiger partial charge on any atom is 0.208 e. The molecule has 0 saturated carbocycles. The fraction of sp³-hybridized carbons (Fsp3) is 0.588. The lowest BCUT2D eigenvalue weighted by Gasteiger charge is -2.34. The Bertz CT molecular complexity index is 637. The lowest BCUT2D eigenvalue weighted by atomic mass is 10.1. The minimum atomic E-state index is 0.368. The Morgan fingerprint density at radius 3 is 2.58 bits per heavy atom. The highest BCUT2D eigenvalue weighted by molar-refractivity contribution is 7.18. The number of hydrogen-bond acceptors (Lipinski definition) is 7. The molecule has 0 atom stereocenters. The Kier molecular flexibility index (Phi) is 5.01. The van der Waals surface area contributed by atoms with Crippen LogP contribution in [0.25, 0.3) is 10.7 Å². The summed E-state index contributed by atoms with van der Waals surface area (Å²) in [4.78, 5) is 6.66. The number of piperidine rings is 1. The smallest absolute Gasteiger partial charge is 0.208 e. The number of rotatable bonds is 4. The monoisotopic (exact) mass is 346 g/mol. The lowest BCUT2D eigenvalue weighted by molar-refractivity contribution is -0.0743. The fourth-order valence-corrected chi connectivity index (χ4v) is 4.08. The van der Waals surface area contributed by atoms with E-state index in [0.717, 1.165) is 67.8 Å². The molecule has 4 heterocycles. The molecule has 0 bridgehead atoms. The van der Waals surface area contributed by atoms with Gasteiger partial charge < -0.3 is 14.4 Å². The Morgan fingerprint density at radius 1 is 1.04 bits per heavy atom. The first-order chi connectivity index (χ1) is 11.9. The van der Waals surface area contributed by atoms with Gasteiger partial charge in [0.05, 0.1) is 12.2 Å². The highest BCUT2D eigenvalue weighted by Gasteiger charge is 2.25. The molecule has 0 radical (unpaired) electrons. The molecule has 2 aromatic heterocycles. The molecule has 2 aliphatic heterocycles. The van der Waals surface area contributed by atoms with E-state index in [1.807, 2.05) is 18.2 Å². The third-order valence-corrected chi connectivity index (χ3v) is 5.57. The van der Waals surface area contributed by atoms with E-state index in [1.54, 1.807) is 17.5 Å². The van der Waals surface area contributed by atoms with Crippen molar-refractivity contribution < 1.29 is 9.47 Å². The number of ether oxygens (including phenoxy) is 2. The van der Waals surface area contributed by atoms with Gasteiger partial charge in [-0.2, -0.15) is 0 Å². The molecule has 2 fully saturated rings. The SMILES string of the molecule is c1ccc(-c2nnc(N3CCC(OC4CCOCC4)CC3)s2)nc1. The van der Waals surface area contributed by atoms with Crippen LogP contribution < -0.4 is 4.90 Å². The topological polar surface area (TPSA) is 60.4 Å². The van der Waals surface area contributed by atoms with E-state index >= 15 is 0 Å². The van der Waals surface area contributed by atoms with Gasteiger partial charge in [-0.3, -0.25) is 4.98 Å². The van der Waals surface area contributed by atoms with Gasteiger partial charge in [-0.25, -0.2) is 0 Å². The third-order valence-electron chi connectivity index (χ3n) is 4.56. The highest BCUT2D eigenvalue weighted by atomic mass is 32.1. The van der Waals surface area contributed by atoms with Crippen LogP contribution in [0.1, 0.15) is 25.7 Å². The van der Waals surface area contributed by atoms with E-state index in [2.05, 4.69) is 20.1 Å². The predicted molar refractivity (Wildman–Crippen MR) is 93.3 cm³/mol. The molecule has 4 rings (SSSR count). The Labute approximate surface area is 145 Å². The van der Waals surface area contributed by atoms with Crippen molar-refractivity contribution in [3.8, 4) is 10.7 Å². The molecule has 0 spiro atoms. The largest absolute Gasteiger partial charge is 0.381 e. The molecule has 2 aromatic rings. The van der Waals surface area contributed by atoms with E-state index in [4.69, 9.17) is 9.47 Å². The summed E-state index contributed by atoms with van der Waals surface area (Å²) < 4.78 is 11.6. The minimum absolute atomic E-state index is 0.368. The summed E-state index contributed by atoms with van der Waals surface area (Å²) in [5, 5.41) is 10.5. The summed E-state index contributed by atoms with van der Waals surface area (Å²) in [6.07, 6.45) is 6.70. The molecular weight excluding hydrogens is 324 g/mol. The van der Waals surface area contributed by atoms with Gasteiger partial charge in [-0.05, 0) is 37.8 Å². The summed E-state index contributed by atoms with van der Waals surface area (Å²) in [5.41, 5.74) is 0.888. The third kappa shape index (κ3) is 3.74. The van der Waals surface area contributed by atoms with Gasteiger partial charge in [0, 0.05) is 32.5 Å². The summed E-state index contributed by atoms with van der Waals surface area (Å²) in [6, 6.07) is 5.86. The molecular formula is C17H22N4O2S. The van der Waals surface area contributed by atoms with Crippen LogP contribution in [0.3, 0.4) is 0 Å². The van der Waals surface area contributed by atoms with Crippen molar-refractivity contribution in [3.63, 3.8) is 0 Å². The van der Waals surface area contributed by atoms with Gasteiger partial charge in [-0.1, -0.05) is 17.4 Å². The Morgan fingerprint density at radius 2 is 1.83 bits per heavy atom. The van der Waals surface area contributed by atoms with E-state index < -0.39 is 0 Å². The van der Waals surface area contributed by atoms with Crippen LogP contribution in [-0.4, -0.2) is 53.7 Å².